The number of methoxy groups -OCH3 is 2. The highest BCUT2D eigenvalue weighted by Crippen LogP contribution is 2.45. The van der Waals surface area contributed by atoms with Gasteiger partial charge >= 0.3 is 0 Å². The molecule has 208 valence electrons. The molecule has 0 aliphatic carbocycles. The third-order valence-electron chi connectivity index (χ3n) is 6.74. The van der Waals surface area contributed by atoms with E-state index in [1.807, 2.05) is 11.8 Å². The molecule has 0 bridgehead atoms. The smallest absolute Gasteiger partial charge is 0.260 e. The number of amides is 1. The number of nitrogens with zero attached hydrogens (tertiary/aromatic N) is 5. The summed E-state index contributed by atoms with van der Waals surface area (Å²) in [6.45, 7) is 5.93. The molecule has 2 aromatic heterocycles. The highest BCUT2D eigenvalue weighted by Gasteiger charge is 2.24. The third-order valence-corrected chi connectivity index (χ3v) is 7.49. The summed E-state index contributed by atoms with van der Waals surface area (Å²) < 4.78 is 12.5. The van der Waals surface area contributed by atoms with Crippen LogP contribution in [-0.2, 0) is 11.3 Å². The van der Waals surface area contributed by atoms with Gasteiger partial charge in [-0.1, -0.05) is 29.3 Å². The van der Waals surface area contributed by atoms with Gasteiger partial charge in [0, 0.05) is 63.0 Å². The molecule has 1 N–H and O–H groups in total. The van der Waals surface area contributed by atoms with Crippen LogP contribution in [0.25, 0.3) is 22.2 Å². The van der Waals surface area contributed by atoms with E-state index in [1.165, 1.54) is 14.2 Å². The molecule has 10 nitrogen and oxygen atoms in total. The van der Waals surface area contributed by atoms with Gasteiger partial charge in [0.1, 0.15) is 17.1 Å². The number of rotatable bonds is 9. The van der Waals surface area contributed by atoms with Crippen molar-refractivity contribution >= 4 is 46.1 Å². The molecule has 39 heavy (non-hydrogen) atoms. The molecule has 4 rings (SSSR count). The maximum absolute atomic E-state index is 14.0. The predicted molar refractivity (Wildman–Crippen MR) is 154 cm³/mol. The summed E-state index contributed by atoms with van der Waals surface area (Å²) in [6.07, 6.45) is 5.71. The van der Waals surface area contributed by atoms with Crippen molar-refractivity contribution in [3.8, 4) is 22.6 Å². The lowest BCUT2D eigenvalue weighted by Gasteiger charge is -2.34. The second-order valence-corrected chi connectivity index (χ2v) is 9.80. The number of pyridine rings is 1. The standard InChI is InChI=1S/C27H32Cl2N6O4/c1-5-7-21(36)34-12-10-33(11-13-34)8-6-9-35-25-17(16-31-27(30-2)32-25)14-18(26(35)37)22-23(28)19(38-3)15-20(39-4)24(22)29/h5,7,14-16H,6,8-13H2,1-4H3,(H,30,31,32). The Morgan fingerprint density at radius 3 is 2.33 bits per heavy atom. The number of aromatic nitrogens is 3. The molecule has 0 saturated carbocycles. The molecule has 1 saturated heterocycles. The molecule has 0 atom stereocenters. The van der Waals surface area contributed by atoms with Crippen molar-refractivity contribution < 1.29 is 14.3 Å². The fourth-order valence-corrected chi connectivity index (χ4v) is 5.38. The Hall–Kier alpha value is -3.34. The number of fused-ring (bicyclic) bond motifs is 1. The van der Waals surface area contributed by atoms with E-state index in [0.29, 0.717) is 65.7 Å². The summed E-state index contributed by atoms with van der Waals surface area (Å²) in [4.78, 5) is 39.1. The number of hydrogen-bond acceptors (Lipinski definition) is 8. The van der Waals surface area contributed by atoms with Gasteiger partial charge in [-0.2, -0.15) is 4.98 Å². The van der Waals surface area contributed by atoms with Crippen LogP contribution in [0, 0.1) is 0 Å². The molecule has 0 radical (unpaired) electrons. The lowest BCUT2D eigenvalue weighted by molar-refractivity contribution is -0.127. The summed E-state index contributed by atoms with van der Waals surface area (Å²) in [5, 5.41) is 4.02. The van der Waals surface area contributed by atoms with Crippen LogP contribution < -0.4 is 20.3 Å². The van der Waals surface area contributed by atoms with Crippen molar-refractivity contribution in [3.05, 3.63) is 50.9 Å². The summed E-state index contributed by atoms with van der Waals surface area (Å²) in [7, 11) is 4.70. The Bertz CT molecular complexity index is 1420. The number of carbonyl (C=O) groups is 1. The van der Waals surface area contributed by atoms with Gasteiger partial charge in [0.15, 0.2) is 0 Å². The lowest BCUT2D eigenvalue weighted by Crippen LogP contribution is -2.48. The molecule has 0 unspecified atom stereocenters. The number of allylic oxidation sites excluding steroid dienone is 1. The first-order chi connectivity index (χ1) is 18.8. The van der Waals surface area contributed by atoms with Gasteiger partial charge in [0.25, 0.3) is 5.56 Å². The maximum Gasteiger partial charge on any atom is 0.260 e. The molecule has 1 aromatic carbocycles. The Balaban J connectivity index is 1.67. The number of piperazine rings is 1. The second kappa shape index (κ2) is 12.7. The number of benzene rings is 1. The third kappa shape index (κ3) is 5.98. The van der Waals surface area contributed by atoms with Crippen LogP contribution in [0.15, 0.2) is 35.3 Å². The van der Waals surface area contributed by atoms with E-state index in [-0.39, 0.29) is 21.5 Å². The molecular weight excluding hydrogens is 543 g/mol. The Morgan fingerprint density at radius 2 is 1.74 bits per heavy atom. The van der Waals surface area contributed by atoms with E-state index < -0.39 is 0 Å². The first-order valence-electron chi connectivity index (χ1n) is 12.7. The van der Waals surface area contributed by atoms with E-state index >= 15 is 0 Å². The number of anilines is 1. The van der Waals surface area contributed by atoms with Crippen molar-refractivity contribution in [2.75, 3.05) is 59.3 Å². The Morgan fingerprint density at radius 1 is 1.08 bits per heavy atom. The predicted octanol–water partition coefficient (Wildman–Crippen LogP) is 3.93. The fourth-order valence-electron chi connectivity index (χ4n) is 4.68. The fraction of sp³-hybridized carbons (Fsp3) is 0.407. The van der Waals surface area contributed by atoms with Crippen molar-refractivity contribution in [1.29, 1.82) is 0 Å². The van der Waals surface area contributed by atoms with Crippen LogP contribution in [0.3, 0.4) is 0 Å². The lowest BCUT2D eigenvalue weighted by atomic mass is 10.0. The zero-order valence-corrected chi connectivity index (χ0v) is 24.0. The van der Waals surface area contributed by atoms with E-state index in [0.717, 1.165) is 19.6 Å². The van der Waals surface area contributed by atoms with Crippen molar-refractivity contribution in [1.82, 2.24) is 24.3 Å². The van der Waals surface area contributed by atoms with E-state index in [2.05, 4.69) is 20.2 Å². The van der Waals surface area contributed by atoms with Crippen molar-refractivity contribution in [2.45, 2.75) is 19.9 Å². The largest absolute Gasteiger partial charge is 0.495 e. The highest BCUT2D eigenvalue weighted by atomic mass is 35.5. The number of hydrogen-bond donors (Lipinski definition) is 1. The average Bonchev–Trinajstić information content (AvgIpc) is 2.95. The van der Waals surface area contributed by atoms with Crippen LogP contribution in [0.4, 0.5) is 5.95 Å². The van der Waals surface area contributed by atoms with Gasteiger partial charge in [-0.15, -0.1) is 0 Å². The first kappa shape index (κ1) is 28.7. The van der Waals surface area contributed by atoms with Crippen LogP contribution in [0.2, 0.25) is 10.0 Å². The van der Waals surface area contributed by atoms with E-state index in [4.69, 9.17) is 32.7 Å². The van der Waals surface area contributed by atoms with E-state index in [1.54, 1.807) is 42.1 Å². The first-order valence-corrected chi connectivity index (χ1v) is 13.4. The van der Waals surface area contributed by atoms with Gasteiger partial charge in [0.2, 0.25) is 11.9 Å². The van der Waals surface area contributed by atoms with Crippen molar-refractivity contribution in [2.24, 2.45) is 0 Å². The van der Waals surface area contributed by atoms with Gasteiger partial charge in [-0.3, -0.25) is 19.1 Å². The zero-order valence-electron chi connectivity index (χ0n) is 22.5. The topological polar surface area (TPSA) is 102 Å². The number of nitrogens with one attached hydrogen (secondary N) is 1. The minimum Gasteiger partial charge on any atom is -0.495 e. The molecule has 12 heteroatoms. The van der Waals surface area contributed by atoms with E-state index in [9.17, 15) is 9.59 Å². The Labute approximate surface area is 237 Å². The zero-order chi connectivity index (χ0) is 28.1. The number of carbonyl (C=O) groups excluding carboxylic acids is 1. The summed E-state index contributed by atoms with van der Waals surface area (Å²) in [6, 6.07) is 3.28. The second-order valence-electron chi connectivity index (χ2n) is 9.04. The number of aryl methyl sites for hydroxylation is 1. The van der Waals surface area contributed by atoms with Crippen LogP contribution in [0.5, 0.6) is 11.5 Å². The van der Waals surface area contributed by atoms with Gasteiger partial charge in [-0.05, 0) is 32.0 Å². The number of halogens is 2. The molecule has 0 spiro atoms. The van der Waals surface area contributed by atoms with Crippen LogP contribution in [-0.4, -0.2) is 84.2 Å². The summed E-state index contributed by atoms with van der Waals surface area (Å²) in [5.74, 6) is 1.13. The summed E-state index contributed by atoms with van der Waals surface area (Å²) in [5.41, 5.74) is 0.845. The highest BCUT2D eigenvalue weighted by molar-refractivity contribution is 6.41. The average molecular weight is 575 g/mol. The Kier molecular flexibility index (Phi) is 9.32. The van der Waals surface area contributed by atoms with Crippen LogP contribution in [0.1, 0.15) is 13.3 Å². The van der Waals surface area contributed by atoms with Gasteiger partial charge in [-0.25, -0.2) is 4.98 Å². The maximum atomic E-state index is 14.0. The minimum atomic E-state index is -0.288. The molecule has 1 amide bonds. The van der Waals surface area contributed by atoms with Gasteiger partial charge < -0.3 is 19.7 Å². The number of ether oxygens (including phenoxy) is 2. The summed E-state index contributed by atoms with van der Waals surface area (Å²) >= 11 is 13.3. The van der Waals surface area contributed by atoms with Crippen LogP contribution >= 0.6 is 23.2 Å². The molecule has 1 aliphatic rings. The quantitative estimate of drug-likeness (QED) is 0.383. The molecule has 1 fully saturated rings. The molecule has 3 heterocycles. The molecule has 3 aromatic rings. The molecule has 1 aliphatic heterocycles. The van der Waals surface area contributed by atoms with Gasteiger partial charge in [0.05, 0.1) is 29.8 Å². The SMILES string of the molecule is CC=CC(=O)N1CCN(CCCn2c(=O)c(-c3c(Cl)c(OC)cc(OC)c3Cl)cc3cnc(NC)nc32)CC1. The normalized spacial score (nSPS) is 14.3. The minimum absolute atomic E-state index is 0.0403. The molecular formula is C27H32Cl2N6O4. The van der Waals surface area contributed by atoms with Crippen molar-refractivity contribution in [3.63, 3.8) is 0 Å². The monoisotopic (exact) mass is 574 g/mol.